The van der Waals surface area contributed by atoms with Gasteiger partial charge in [-0.15, -0.1) is 11.8 Å². The highest BCUT2D eigenvalue weighted by Gasteiger charge is 1.95. The molecule has 2 heteroatoms. The van der Waals surface area contributed by atoms with E-state index in [0.29, 0.717) is 0 Å². The summed E-state index contributed by atoms with van der Waals surface area (Å²) in [5.74, 6) is 2.15. The number of ether oxygens (including phenoxy) is 1. The van der Waals surface area contributed by atoms with Gasteiger partial charge >= 0.3 is 0 Å². The van der Waals surface area contributed by atoms with Gasteiger partial charge in [0.05, 0.1) is 6.61 Å². The molecule has 0 heterocycles. The Morgan fingerprint density at radius 3 is 2.85 bits per heavy atom. The summed E-state index contributed by atoms with van der Waals surface area (Å²) >= 11 is 1.88. The molecule has 0 saturated carbocycles. The van der Waals surface area contributed by atoms with Crippen LogP contribution in [0.5, 0.6) is 5.75 Å². The highest BCUT2D eigenvalue weighted by molar-refractivity contribution is 7.99. The van der Waals surface area contributed by atoms with Crippen molar-refractivity contribution in [1.82, 2.24) is 0 Å². The SMILES string of the molecule is CCCSc1cccc(OCC)c1. The van der Waals surface area contributed by atoms with Gasteiger partial charge in [-0.25, -0.2) is 0 Å². The minimum atomic E-state index is 0.738. The van der Waals surface area contributed by atoms with Crippen molar-refractivity contribution >= 4 is 11.8 Å². The summed E-state index contributed by atoms with van der Waals surface area (Å²) in [6, 6.07) is 8.27. The Kier molecular flexibility index (Phi) is 4.76. The van der Waals surface area contributed by atoms with E-state index in [-0.39, 0.29) is 0 Å². The number of rotatable bonds is 5. The topological polar surface area (TPSA) is 9.23 Å². The number of thioether (sulfide) groups is 1. The van der Waals surface area contributed by atoms with Crippen LogP contribution in [0.2, 0.25) is 0 Å². The number of benzene rings is 1. The molecule has 0 radical (unpaired) electrons. The van der Waals surface area contributed by atoms with Gasteiger partial charge in [-0.05, 0) is 37.3 Å². The van der Waals surface area contributed by atoms with Crippen LogP contribution in [0.4, 0.5) is 0 Å². The van der Waals surface area contributed by atoms with Gasteiger partial charge in [0.2, 0.25) is 0 Å². The molecule has 0 spiro atoms. The van der Waals surface area contributed by atoms with Gasteiger partial charge in [0.1, 0.15) is 5.75 Å². The van der Waals surface area contributed by atoms with Crippen molar-refractivity contribution in [3.05, 3.63) is 24.3 Å². The predicted octanol–water partition coefficient (Wildman–Crippen LogP) is 3.59. The zero-order valence-corrected chi connectivity index (χ0v) is 9.06. The lowest BCUT2D eigenvalue weighted by molar-refractivity contribution is 0.339. The van der Waals surface area contributed by atoms with Crippen molar-refractivity contribution in [2.24, 2.45) is 0 Å². The quantitative estimate of drug-likeness (QED) is 0.666. The number of hydrogen-bond donors (Lipinski definition) is 0. The molecule has 0 aliphatic carbocycles. The van der Waals surface area contributed by atoms with E-state index < -0.39 is 0 Å². The van der Waals surface area contributed by atoms with Gasteiger partial charge in [0.25, 0.3) is 0 Å². The molecule has 1 aromatic carbocycles. The Bertz CT molecular complexity index is 248. The van der Waals surface area contributed by atoms with E-state index in [1.807, 2.05) is 30.8 Å². The Labute approximate surface area is 84.5 Å². The molecule has 0 unspecified atom stereocenters. The highest BCUT2D eigenvalue weighted by atomic mass is 32.2. The first-order chi connectivity index (χ1) is 6.36. The lowest BCUT2D eigenvalue weighted by Crippen LogP contribution is -1.90. The first-order valence-corrected chi connectivity index (χ1v) is 5.71. The van der Waals surface area contributed by atoms with Gasteiger partial charge in [0, 0.05) is 4.90 Å². The van der Waals surface area contributed by atoms with Crippen LogP contribution >= 0.6 is 11.8 Å². The first kappa shape index (κ1) is 10.5. The van der Waals surface area contributed by atoms with E-state index >= 15 is 0 Å². The zero-order chi connectivity index (χ0) is 9.52. The maximum atomic E-state index is 5.41. The average Bonchev–Trinajstić information content (AvgIpc) is 2.16. The summed E-state index contributed by atoms with van der Waals surface area (Å²) in [6.07, 6.45) is 1.21. The Hall–Kier alpha value is -0.630. The van der Waals surface area contributed by atoms with Crippen molar-refractivity contribution < 1.29 is 4.74 Å². The fourth-order valence-electron chi connectivity index (χ4n) is 1.04. The summed E-state index contributed by atoms with van der Waals surface area (Å²) in [5, 5.41) is 0. The van der Waals surface area contributed by atoms with Crippen molar-refractivity contribution in [2.75, 3.05) is 12.4 Å². The Morgan fingerprint density at radius 1 is 1.31 bits per heavy atom. The van der Waals surface area contributed by atoms with Crippen LogP contribution in [-0.4, -0.2) is 12.4 Å². The maximum Gasteiger partial charge on any atom is 0.120 e. The second-order valence-electron chi connectivity index (χ2n) is 2.76. The molecule has 1 aromatic rings. The molecular weight excluding hydrogens is 180 g/mol. The van der Waals surface area contributed by atoms with E-state index in [1.165, 1.54) is 17.1 Å². The molecular formula is C11H16OS. The van der Waals surface area contributed by atoms with E-state index in [1.54, 1.807) is 0 Å². The minimum absolute atomic E-state index is 0.738. The Balaban J connectivity index is 2.56. The molecule has 0 saturated heterocycles. The molecule has 0 N–H and O–H groups in total. The van der Waals surface area contributed by atoms with Crippen LogP contribution < -0.4 is 4.74 Å². The van der Waals surface area contributed by atoms with E-state index in [2.05, 4.69) is 19.1 Å². The van der Waals surface area contributed by atoms with Crippen molar-refractivity contribution in [1.29, 1.82) is 0 Å². The monoisotopic (exact) mass is 196 g/mol. The van der Waals surface area contributed by atoms with Gasteiger partial charge in [0.15, 0.2) is 0 Å². The third-order valence-corrected chi connectivity index (χ3v) is 2.79. The first-order valence-electron chi connectivity index (χ1n) is 4.72. The molecule has 0 aromatic heterocycles. The predicted molar refractivity (Wildman–Crippen MR) is 58.6 cm³/mol. The molecule has 0 bridgehead atoms. The smallest absolute Gasteiger partial charge is 0.120 e. The molecule has 72 valence electrons. The van der Waals surface area contributed by atoms with Crippen molar-refractivity contribution in [3.63, 3.8) is 0 Å². The molecule has 0 aliphatic heterocycles. The third kappa shape index (κ3) is 3.73. The molecule has 0 atom stereocenters. The van der Waals surface area contributed by atoms with E-state index in [9.17, 15) is 0 Å². The second kappa shape index (κ2) is 5.92. The van der Waals surface area contributed by atoms with E-state index in [4.69, 9.17) is 4.74 Å². The van der Waals surface area contributed by atoms with Crippen LogP contribution in [-0.2, 0) is 0 Å². The minimum Gasteiger partial charge on any atom is -0.494 e. The third-order valence-electron chi connectivity index (χ3n) is 1.59. The zero-order valence-electron chi connectivity index (χ0n) is 8.25. The normalized spacial score (nSPS) is 10.0. The molecule has 0 amide bonds. The molecule has 0 aliphatic rings. The summed E-state index contributed by atoms with van der Waals surface area (Å²) < 4.78 is 5.41. The van der Waals surface area contributed by atoms with Gasteiger partial charge in [-0.3, -0.25) is 0 Å². The van der Waals surface area contributed by atoms with Gasteiger partial charge < -0.3 is 4.74 Å². The van der Waals surface area contributed by atoms with Gasteiger partial charge in [-0.1, -0.05) is 13.0 Å². The molecule has 0 fully saturated rings. The van der Waals surface area contributed by atoms with Crippen molar-refractivity contribution in [3.8, 4) is 5.75 Å². The lowest BCUT2D eigenvalue weighted by Gasteiger charge is -2.04. The fraction of sp³-hybridized carbons (Fsp3) is 0.455. The average molecular weight is 196 g/mol. The van der Waals surface area contributed by atoms with Crippen molar-refractivity contribution in [2.45, 2.75) is 25.2 Å². The lowest BCUT2D eigenvalue weighted by atomic mass is 10.3. The van der Waals surface area contributed by atoms with Crippen LogP contribution in [0, 0.1) is 0 Å². The van der Waals surface area contributed by atoms with Crippen LogP contribution in [0.25, 0.3) is 0 Å². The summed E-state index contributed by atoms with van der Waals surface area (Å²) in [4.78, 5) is 1.30. The van der Waals surface area contributed by atoms with Crippen LogP contribution in [0.1, 0.15) is 20.3 Å². The molecule has 13 heavy (non-hydrogen) atoms. The maximum absolute atomic E-state index is 5.41. The van der Waals surface area contributed by atoms with E-state index in [0.717, 1.165) is 12.4 Å². The molecule has 1 rings (SSSR count). The second-order valence-corrected chi connectivity index (χ2v) is 3.92. The summed E-state index contributed by atoms with van der Waals surface area (Å²) in [7, 11) is 0. The number of hydrogen-bond acceptors (Lipinski definition) is 2. The summed E-state index contributed by atoms with van der Waals surface area (Å²) in [5.41, 5.74) is 0. The van der Waals surface area contributed by atoms with Gasteiger partial charge in [-0.2, -0.15) is 0 Å². The standard InChI is InChI=1S/C11H16OS/c1-3-8-13-11-7-5-6-10(9-11)12-4-2/h5-7,9H,3-4,8H2,1-2H3. The van der Waals surface area contributed by atoms with Crippen LogP contribution in [0.3, 0.4) is 0 Å². The van der Waals surface area contributed by atoms with Crippen LogP contribution in [0.15, 0.2) is 29.2 Å². The molecule has 1 nitrogen and oxygen atoms in total. The Morgan fingerprint density at radius 2 is 2.15 bits per heavy atom. The largest absolute Gasteiger partial charge is 0.494 e. The summed E-state index contributed by atoms with van der Waals surface area (Å²) in [6.45, 7) is 4.94. The highest BCUT2D eigenvalue weighted by Crippen LogP contribution is 2.23. The fourth-order valence-corrected chi connectivity index (χ4v) is 1.85.